The number of likely N-dealkylation sites (N-methyl/N-ethyl adjacent to an activating group) is 2. The van der Waals surface area contributed by atoms with E-state index in [1.165, 1.54) is 25.8 Å². The van der Waals surface area contributed by atoms with Crippen LogP contribution in [0.5, 0.6) is 0 Å². The third kappa shape index (κ3) is 14.1. The molecule has 3 aliphatic heterocycles. The van der Waals surface area contributed by atoms with Crippen LogP contribution in [0.15, 0.2) is 30.5 Å². The fraction of sp³-hybridized carbons (Fsp3) is 0.827. The number of hydrogen-bond donors (Lipinski definition) is 5. The molecule has 0 aliphatic carbocycles. The van der Waals surface area contributed by atoms with Crippen molar-refractivity contribution in [2.45, 2.75) is 211 Å². The minimum absolute atomic E-state index is 0.0184. The van der Waals surface area contributed by atoms with E-state index in [0.717, 1.165) is 11.1 Å². The van der Waals surface area contributed by atoms with Gasteiger partial charge in [-0.1, -0.05) is 50.3 Å². The molecule has 71 heavy (non-hydrogen) atoms. The Balaban J connectivity index is 1.42. The number of carbonyl (C=O) groups excluding carboxylic acids is 1. The monoisotopic (exact) mass is 1010 g/mol. The molecule has 0 unspecified atom stereocenters. The van der Waals surface area contributed by atoms with Crippen molar-refractivity contribution in [2.75, 3.05) is 48.1 Å². The van der Waals surface area contributed by atoms with Crippen molar-refractivity contribution in [3.63, 3.8) is 0 Å². The number of esters is 1. The zero-order valence-corrected chi connectivity index (χ0v) is 44.8. The summed E-state index contributed by atoms with van der Waals surface area (Å²) in [4.78, 5) is 18.6. The largest absolute Gasteiger partial charge is 0.459 e. The van der Waals surface area contributed by atoms with Crippen LogP contribution in [0.1, 0.15) is 130 Å². The molecule has 1 aromatic carbocycles. The average Bonchev–Trinajstić information content (AvgIpc) is 3.80. The van der Waals surface area contributed by atoms with Crippen LogP contribution in [-0.4, -0.2) is 189 Å². The summed E-state index contributed by atoms with van der Waals surface area (Å²) in [6.07, 6.45) is -4.64. The lowest BCUT2D eigenvalue weighted by molar-refractivity contribution is -0.308. The van der Waals surface area contributed by atoms with Gasteiger partial charge in [-0.2, -0.15) is 0 Å². The minimum Gasteiger partial charge on any atom is -0.459 e. The number of cyclic esters (lactones) is 1. The van der Waals surface area contributed by atoms with Gasteiger partial charge in [-0.15, -0.1) is 5.10 Å². The van der Waals surface area contributed by atoms with Crippen molar-refractivity contribution < 1.29 is 67.9 Å². The minimum atomic E-state index is -1.82. The Morgan fingerprint density at radius 1 is 0.958 bits per heavy atom. The number of benzene rings is 1. The Bertz CT molecular complexity index is 1950. The van der Waals surface area contributed by atoms with Gasteiger partial charge in [0.25, 0.3) is 0 Å². The molecular formula is C52H88FN5O13. The average molecular weight is 1010 g/mol. The van der Waals surface area contributed by atoms with Gasteiger partial charge in [0.2, 0.25) is 0 Å². The summed E-state index contributed by atoms with van der Waals surface area (Å²) < 4.78 is 60.5. The van der Waals surface area contributed by atoms with E-state index in [1.807, 2.05) is 58.8 Å². The Hall–Kier alpha value is -2.76. The van der Waals surface area contributed by atoms with Crippen LogP contribution in [-0.2, 0) is 51.0 Å². The molecule has 0 amide bonds. The summed E-state index contributed by atoms with van der Waals surface area (Å²) in [5.74, 6) is -2.57. The number of hydrogen-bond acceptors (Lipinski definition) is 17. The van der Waals surface area contributed by atoms with E-state index in [9.17, 15) is 34.7 Å². The quantitative estimate of drug-likeness (QED) is 0.146. The molecule has 18 nitrogen and oxygen atoms in total. The van der Waals surface area contributed by atoms with Gasteiger partial charge in [0, 0.05) is 70.8 Å². The van der Waals surface area contributed by atoms with Crippen molar-refractivity contribution in [3.05, 3.63) is 47.3 Å². The number of carbonyl (C=O) groups is 1. The number of aromatic nitrogens is 3. The second-order valence-corrected chi connectivity index (χ2v) is 21.8. The van der Waals surface area contributed by atoms with Crippen LogP contribution in [0, 0.1) is 17.8 Å². The lowest BCUT2D eigenvalue weighted by Gasteiger charge is -2.48. The summed E-state index contributed by atoms with van der Waals surface area (Å²) >= 11 is 0. The summed E-state index contributed by atoms with van der Waals surface area (Å²) in [6.45, 7) is 18.1. The van der Waals surface area contributed by atoms with E-state index in [0.29, 0.717) is 38.0 Å². The van der Waals surface area contributed by atoms with E-state index < -0.39 is 109 Å². The van der Waals surface area contributed by atoms with Gasteiger partial charge in [0.1, 0.15) is 42.7 Å². The first-order chi connectivity index (χ1) is 33.3. The van der Waals surface area contributed by atoms with Crippen molar-refractivity contribution in [3.8, 4) is 0 Å². The highest BCUT2D eigenvalue weighted by Crippen LogP contribution is 2.40. The zero-order valence-electron chi connectivity index (χ0n) is 44.8. The van der Waals surface area contributed by atoms with Gasteiger partial charge in [-0.05, 0) is 98.9 Å². The topological polar surface area (TPSA) is 220 Å². The van der Waals surface area contributed by atoms with Crippen LogP contribution in [0.4, 0.5) is 4.39 Å². The Kier molecular flexibility index (Phi) is 21.0. The zero-order chi connectivity index (χ0) is 52.7. The molecule has 0 spiro atoms. The first-order valence-corrected chi connectivity index (χ1v) is 25.6. The number of methoxy groups -OCH3 is 2. The SMILES string of the molecule is CC[C@H]1OC(=O)[C@H](C)[C@@H](O[C@H]2C[C@@](C)(OC)[C@@H](O)[C@H](C)O2)[C@H](C)[C@@H](O[C@H]2C[C@@H](N(C)CCc3cn([C@H](CF)[C@H](OC)c4ccc(CO)cc4)nn3)C[C@@H](C)O2)[C@](C)(O)C[C@@H](C)CN(C)[C@H](C)[C@@H](O)[C@]1(C)O. The standard InChI is InChI=1S/C52H88FN5O13/c1-15-41-52(10,64)46(60)34(6)57(12)27-30(2)24-50(8,63)48(32(4)44(33(5)49(62)69-41)70-43-25-51(9,66-14)47(61)35(7)68-43)71-42-23-39(22-31(3)67-42)56(11)21-20-38-28-58(55-54-38)40(26-53)45(65-13)37-18-16-36(29-59)17-19-37/h16-19,28,30-35,39-48,59-61,63-64H,15,20-27,29H2,1-14H3/t30-,31-,32+,33-,34-,35+,39+,40-,41-,42+,43+,44+,45-,46-,47+,48-,50-,51-,52-/m1/s1. The molecule has 1 aromatic heterocycles. The predicted octanol–water partition coefficient (Wildman–Crippen LogP) is 4.52. The third-order valence-corrected chi connectivity index (χ3v) is 15.9. The first-order valence-electron chi connectivity index (χ1n) is 25.6. The number of aliphatic hydroxyl groups is 5. The highest BCUT2D eigenvalue weighted by atomic mass is 19.1. The Labute approximate surface area is 421 Å². The molecule has 4 heterocycles. The van der Waals surface area contributed by atoms with Crippen molar-refractivity contribution >= 4 is 5.97 Å². The van der Waals surface area contributed by atoms with Gasteiger partial charge < -0.3 is 68.5 Å². The summed E-state index contributed by atoms with van der Waals surface area (Å²) in [5.41, 5.74) is -2.23. The Morgan fingerprint density at radius 2 is 1.63 bits per heavy atom. The molecule has 2 aromatic rings. The fourth-order valence-corrected chi connectivity index (χ4v) is 11.3. The fourth-order valence-electron chi connectivity index (χ4n) is 11.3. The Morgan fingerprint density at radius 3 is 2.24 bits per heavy atom. The maximum absolute atomic E-state index is 14.7. The van der Waals surface area contributed by atoms with Crippen molar-refractivity contribution in [2.24, 2.45) is 17.8 Å². The highest BCUT2D eigenvalue weighted by molar-refractivity contribution is 5.73. The third-order valence-electron chi connectivity index (χ3n) is 15.9. The molecule has 19 atom stereocenters. The smallest absolute Gasteiger partial charge is 0.311 e. The van der Waals surface area contributed by atoms with Crippen LogP contribution >= 0.6 is 0 Å². The normalized spacial score (nSPS) is 39.4. The van der Waals surface area contributed by atoms with E-state index in [2.05, 4.69) is 15.2 Å². The van der Waals surface area contributed by atoms with Crippen LogP contribution in [0.3, 0.4) is 0 Å². The lowest BCUT2D eigenvalue weighted by atomic mass is 9.77. The number of nitrogens with zero attached hydrogens (tertiary/aromatic N) is 5. The number of rotatable bonds is 16. The van der Waals surface area contributed by atoms with Gasteiger partial charge >= 0.3 is 5.97 Å². The molecule has 0 saturated carbocycles. The van der Waals surface area contributed by atoms with Crippen LogP contribution < -0.4 is 0 Å². The maximum Gasteiger partial charge on any atom is 0.311 e. The van der Waals surface area contributed by atoms with Crippen LogP contribution in [0.25, 0.3) is 0 Å². The molecule has 5 N–H and O–H groups in total. The predicted molar refractivity (Wildman–Crippen MR) is 263 cm³/mol. The molecule has 3 saturated heterocycles. The summed E-state index contributed by atoms with van der Waals surface area (Å²) in [5, 5.41) is 65.7. The van der Waals surface area contributed by atoms with Gasteiger partial charge in [0.15, 0.2) is 12.6 Å². The second-order valence-electron chi connectivity index (χ2n) is 21.8. The summed E-state index contributed by atoms with van der Waals surface area (Å²) in [7, 11) is 6.92. The van der Waals surface area contributed by atoms with Crippen molar-refractivity contribution in [1.29, 1.82) is 0 Å². The number of ether oxygens (including phenoxy) is 7. The molecule has 3 aliphatic rings. The molecule has 5 rings (SSSR count). The molecular weight excluding hydrogens is 922 g/mol. The van der Waals surface area contributed by atoms with E-state index in [1.54, 1.807) is 52.9 Å². The van der Waals surface area contributed by atoms with E-state index >= 15 is 0 Å². The van der Waals surface area contributed by atoms with E-state index in [-0.39, 0.29) is 43.9 Å². The van der Waals surface area contributed by atoms with Gasteiger partial charge in [-0.25, -0.2) is 9.07 Å². The van der Waals surface area contributed by atoms with E-state index in [4.69, 9.17) is 33.2 Å². The molecule has 406 valence electrons. The van der Waals surface area contributed by atoms with Crippen molar-refractivity contribution in [1.82, 2.24) is 24.8 Å². The van der Waals surface area contributed by atoms with Gasteiger partial charge in [0.05, 0.1) is 53.8 Å². The highest BCUT2D eigenvalue weighted by Gasteiger charge is 2.52. The lowest BCUT2D eigenvalue weighted by Crippen LogP contribution is -2.59. The first kappa shape index (κ1) is 59.1. The molecule has 0 bridgehead atoms. The maximum atomic E-state index is 14.7. The van der Waals surface area contributed by atoms with Crippen LogP contribution in [0.2, 0.25) is 0 Å². The van der Waals surface area contributed by atoms with Gasteiger partial charge in [-0.3, -0.25) is 4.79 Å². The summed E-state index contributed by atoms with van der Waals surface area (Å²) in [6, 6.07) is 5.86. The number of aliphatic hydroxyl groups excluding tert-OH is 3. The molecule has 19 heteroatoms. The second kappa shape index (κ2) is 25.2. The number of alkyl halides is 1. The number of halogens is 1. The molecule has 0 radical (unpaired) electrons. The molecule has 3 fully saturated rings.